The minimum Gasteiger partial charge on any atom is -0.372 e. The fraction of sp³-hybridized carbons (Fsp3) is 0.381. The third-order valence-corrected chi connectivity index (χ3v) is 4.20. The number of para-hydroxylation sites is 1. The third-order valence-electron chi connectivity index (χ3n) is 4.20. The highest BCUT2D eigenvalue weighted by molar-refractivity contribution is 6.04. The van der Waals surface area contributed by atoms with Crippen molar-refractivity contribution in [3.63, 3.8) is 0 Å². The summed E-state index contributed by atoms with van der Waals surface area (Å²) in [7, 11) is 0. The van der Waals surface area contributed by atoms with E-state index in [1.807, 2.05) is 48.5 Å². The van der Waals surface area contributed by atoms with Gasteiger partial charge in [0.05, 0.1) is 0 Å². The van der Waals surface area contributed by atoms with Crippen LogP contribution in [0.5, 0.6) is 0 Å². The van der Waals surface area contributed by atoms with E-state index in [4.69, 9.17) is 0 Å². The molecule has 0 bridgehead atoms. The van der Waals surface area contributed by atoms with E-state index in [1.54, 1.807) is 0 Å². The fourth-order valence-corrected chi connectivity index (χ4v) is 2.81. The zero-order chi connectivity index (χ0) is 18.1. The van der Waals surface area contributed by atoms with Gasteiger partial charge in [-0.3, -0.25) is 4.79 Å². The van der Waals surface area contributed by atoms with Gasteiger partial charge in [-0.15, -0.1) is 24.8 Å². The molecule has 0 aliphatic carbocycles. The van der Waals surface area contributed by atoms with Gasteiger partial charge in [0.15, 0.2) is 0 Å². The van der Waals surface area contributed by atoms with Crippen LogP contribution in [-0.4, -0.2) is 25.5 Å². The Hall–Kier alpha value is -1.75. The van der Waals surface area contributed by atoms with Crippen LogP contribution in [0.4, 0.5) is 11.4 Å². The number of hydrogen-bond acceptors (Lipinski definition) is 3. The van der Waals surface area contributed by atoms with Crippen molar-refractivity contribution in [3.05, 3.63) is 59.7 Å². The maximum atomic E-state index is 12.6. The molecule has 0 spiro atoms. The van der Waals surface area contributed by atoms with Gasteiger partial charge in [-0.2, -0.15) is 0 Å². The minimum atomic E-state index is -0.0750. The van der Waals surface area contributed by atoms with Crippen molar-refractivity contribution in [3.8, 4) is 0 Å². The first-order valence-corrected chi connectivity index (χ1v) is 9.14. The van der Waals surface area contributed by atoms with Crippen molar-refractivity contribution < 1.29 is 4.79 Å². The molecule has 0 saturated carbocycles. The summed E-state index contributed by atoms with van der Waals surface area (Å²) in [6.07, 6.45) is 1.11. The number of amides is 1. The van der Waals surface area contributed by atoms with Gasteiger partial charge < -0.3 is 15.5 Å². The molecule has 2 rings (SSSR count). The summed E-state index contributed by atoms with van der Waals surface area (Å²) in [5, 5.41) is 6.33. The number of halogens is 2. The first-order valence-electron chi connectivity index (χ1n) is 9.14. The molecule has 150 valence electrons. The van der Waals surface area contributed by atoms with Gasteiger partial charge in [-0.25, -0.2) is 0 Å². The van der Waals surface area contributed by atoms with Crippen LogP contribution in [0.1, 0.15) is 43.1 Å². The summed E-state index contributed by atoms with van der Waals surface area (Å²) < 4.78 is 0. The van der Waals surface area contributed by atoms with Gasteiger partial charge in [0.2, 0.25) is 0 Å². The lowest BCUT2D eigenvalue weighted by Crippen LogP contribution is -2.23. The molecule has 27 heavy (non-hydrogen) atoms. The topological polar surface area (TPSA) is 44.4 Å². The maximum absolute atomic E-state index is 12.6. The van der Waals surface area contributed by atoms with Crippen LogP contribution in [0, 0.1) is 0 Å². The van der Waals surface area contributed by atoms with E-state index in [1.165, 1.54) is 0 Å². The van der Waals surface area contributed by atoms with Gasteiger partial charge in [0.25, 0.3) is 5.91 Å². The van der Waals surface area contributed by atoms with Crippen LogP contribution in [0.3, 0.4) is 0 Å². The molecule has 0 unspecified atom stereocenters. The number of rotatable bonds is 9. The van der Waals surface area contributed by atoms with E-state index in [2.05, 4.69) is 36.3 Å². The van der Waals surface area contributed by atoms with Crippen molar-refractivity contribution in [2.75, 3.05) is 29.9 Å². The highest BCUT2D eigenvalue weighted by atomic mass is 35.5. The fourth-order valence-electron chi connectivity index (χ4n) is 2.81. The number of nitrogens with one attached hydrogen (secondary N) is 2. The van der Waals surface area contributed by atoms with Crippen LogP contribution in [-0.2, 0) is 6.54 Å². The SMILES string of the molecule is CCCN(CC)c1ccc(C(=O)Nc2ccccc2CNCC)cc1.Cl.Cl. The van der Waals surface area contributed by atoms with Gasteiger partial charge in [0, 0.05) is 36.6 Å². The monoisotopic (exact) mass is 411 g/mol. The number of carbonyl (C=O) groups excluding carboxylic acids is 1. The average Bonchev–Trinajstić information content (AvgIpc) is 2.65. The second-order valence-electron chi connectivity index (χ2n) is 6.02. The zero-order valence-electron chi connectivity index (χ0n) is 16.3. The van der Waals surface area contributed by atoms with Crippen LogP contribution in [0.2, 0.25) is 0 Å². The first-order chi connectivity index (χ1) is 12.2. The smallest absolute Gasteiger partial charge is 0.255 e. The van der Waals surface area contributed by atoms with Crippen molar-refractivity contribution in [1.82, 2.24) is 5.32 Å². The lowest BCUT2D eigenvalue weighted by molar-refractivity contribution is 0.102. The average molecular weight is 412 g/mol. The molecule has 2 aromatic rings. The summed E-state index contributed by atoms with van der Waals surface area (Å²) in [5.74, 6) is -0.0750. The van der Waals surface area contributed by atoms with Crippen LogP contribution >= 0.6 is 24.8 Å². The molecule has 1 amide bonds. The van der Waals surface area contributed by atoms with Crippen LogP contribution in [0.25, 0.3) is 0 Å². The molecule has 0 fully saturated rings. The van der Waals surface area contributed by atoms with E-state index >= 15 is 0 Å². The molecular weight excluding hydrogens is 381 g/mol. The van der Waals surface area contributed by atoms with Gasteiger partial charge in [-0.1, -0.05) is 32.0 Å². The minimum absolute atomic E-state index is 0. The van der Waals surface area contributed by atoms with Crippen molar-refractivity contribution in [2.45, 2.75) is 33.7 Å². The Kier molecular flexibility index (Phi) is 12.6. The summed E-state index contributed by atoms with van der Waals surface area (Å²) in [6.45, 7) is 10.0. The number of nitrogens with zero attached hydrogens (tertiary/aromatic N) is 1. The number of hydrogen-bond donors (Lipinski definition) is 2. The Morgan fingerprint density at radius 1 is 0.963 bits per heavy atom. The first kappa shape index (κ1) is 25.2. The Morgan fingerprint density at radius 2 is 1.63 bits per heavy atom. The second-order valence-corrected chi connectivity index (χ2v) is 6.02. The van der Waals surface area contributed by atoms with Crippen LogP contribution < -0.4 is 15.5 Å². The highest BCUT2D eigenvalue weighted by Gasteiger charge is 2.10. The summed E-state index contributed by atoms with van der Waals surface area (Å²) in [5.41, 5.74) is 3.79. The molecule has 0 radical (unpaired) electrons. The molecule has 2 aromatic carbocycles. The van der Waals surface area contributed by atoms with E-state index < -0.39 is 0 Å². The standard InChI is InChI=1S/C21H29N3O.2ClH/c1-4-15-24(6-3)19-13-11-17(12-14-19)21(25)23-20-10-8-7-9-18(20)16-22-5-2;;/h7-14,22H,4-6,15-16H2,1-3H3,(H,23,25);2*1H. The Balaban J connectivity index is 0.00000338. The molecular formula is C21H31Cl2N3O. The van der Waals surface area contributed by atoms with Crippen molar-refractivity contribution in [2.24, 2.45) is 0 Å². The van der Waals surface area contributed by atoms with Gasteiger partial charge in [0.1, 0.15) is 0 Å². The molecule has 0 saturated heterocycles. The van der Waals surface area contributed by atoms with E-state index in [0.29, 0.717) is 5.56 Å². The summed E-state index contributed by atoms with van der Waals surface area (Å²) >= 11 is 0. The van der Waals surface area contributed by atoms with Gasteiger partial charge >= 0.3 is 0 Å². The Bertz CT molecular complexity index is 677. The molecule has 0 aliphatic heterocycles. The third kappa shape index (κ3) is 7.41. The molecule has 4 nitrogen and oxygen atoms in total. The van der Waals surface area contributed by atoms with Crippen molar-refractivity contribution in [1.29, 1.82) is 0 Å². The van der Waals surface area contributed by atoms with Crippen molar-refractivity contribution >= 4 is 42.1 Å². The lowest BCUT2D eigenvalue weighted by Gasteiger charge is -2.22. The Labute approximate surface area is 175 Å². The molecule has 0 aliphatic rings. The lowest BCUT2D eigenvalue weighted by atomic mass is 10.1. The predicted molar refractivity (Wildman–Crippen MR) is 121 cm³/mol. The number of anilines is 2. The Morgan fingerprint density at radius 3 is 2.22 bits per heavy atom. The van der Waals surface area contributed by atoms with E-state index in [9.17, 15) is 4.79 Å². The van der Waals surface area contributed by atoms with E-state index in [-0.39, 0.29) is 30.7 Å². The molecule has 0 atom stereocenters. The molecule has 2 N–H and O–H groups in total. The molecule has 0 heterocycles. The van der Waals surface area contributed by atoms with E-state index in [0.717, 1.165) is 49.5 Å². The van der Waals surface area contributed by atoms with Crippen LogP contribution in [0.15, 0.2) is 48.5 Å². The normalized spacial score (nSPS) is 9.74. The summed E-state index contributed by atoms with van der Waals surface area (Å²) in [6, 6.07) is 15.8. The van der Waals surface area contributed by atoms with Gasteiger partial charge in [-0.05, 0) is 55.8 Å². The molecule has 6 heteroatoms. The molecule has 0 aromatic heterocycles. The highest BCUT2D eigenvalue weighted by Crippen LogP contribution is 2.19. The number of carbonyl (C=O) groups is 1. The second kappa shape index (κ2) is 13.4. The predicted octanol–water partition coefficient (Wildman–Crippen LogP) is 5.13. The quantitative estimate of drug-likeness (QED) is 0.600. The largest absolute Gasteiger partial charge is 0.372 e. The maximum Gasteiger partial charge on any atom is 0.255 e. The summed E-state index contributed by atoms with van der Waals surface area (Å²) in [4.78, 5) is 14.9. The number of benzene rings is 2. The zero-order valence-corrected chi connectivity index (χ0v) is 18.0.